The fourth-order valence-electron chi connectivity index (χ4n) is 4.34. The number of nitrogens with zero attached hydrogens (tertiary/aromatic N) is 4. The maximum Gasteiger partial charge on any atom is 0.252 e. The lowest BCUT2D eigenvalue weighted by atomic mass is 9.92. The van der Waals surface area contributed by atoms with Gasteiger partial charge in [-0.2, -0.15) is 5.10 Å². The minimum atomic E-state index is -0.105. The number of para-hydroxylation sites is 1. The molecule has 144 valence electrons. The van der Waals surface area contributed by atoms with E-state index in [9.17, 15) is 4.79 Å². The highest BCUT2D eigenvalue weighted by molar-refractivity contribution is 5.39. The highest BCUT2D eigenvalue weighted by Crippen LogP contribution is 2.31. The van der Waals surface area contributed by atoms with Gasteiger partial charge in [0.1, 0.15) is 5.82 Å². The zero-order valence-corrected chi connectivity index (χ0v) is 15.7. The fourth-order valence-corrected chi connectivity index (χ4v) is 4.34. The van der Waals surface area contributed by atoms with Gasteiger partial charge in [0.25, 0.3) is 5.56 Å². The van der Waals surface area contributed by atoms with Crippen molar-refractivity contribution in [3.8, 4) is 5.69 Å². The zero-order chi connectivity index (χ0) is 18.9. The molecule has 1 fully saturated rings. The van der Waals surface area contributed by atoms with Gasteiger partial charge in [0, 0.05) is 43.0 Å². The van der Waals surface area contributed by atoms with Crippen molar-refractivity contribution in [1.29, 1.82) is 0 Å². The number of benzene rings is 1. The van der Waals surface area contributed by atoms with E-state index < -0.39 is 0 Å². The first-order valence-corrected chi connectivity index (χ1v) is 9.96. The van der Waals surface area contributed by atoms with Crippen LogP contribution >= 0.6 is 0 Å². The number of H-pyrrole nitrogens is 1. The molecular weight excluding hydrogens is 352 g/mol. The van der Waals surface area contributed by atoms with E-state index in [1.165, 1.54) is 17.6 Å². The summed E-state index contributed by atoms with van der Waals surface area (Å²) in [5.41, 5.74) is 3.52. The van der Waals surface area contributed by atoms with Crippen molar-refractivity contribution >= 4 is 5.82 Å². The normalized spacial score (nSPS) is 21.6. The Balaban J connectivity index is 1.31. The van der Waals surface area contributed by atoms with Gasteiger partial charge in [0.2, 0.25) is 0 Å². The third-order valence-corrected chi connectivity index (χ3v) is 5.74. The van der Waals surface area contributed by atoms with E-state index in [0.29, 0.717) is 12.1 Å². The van der Waals surface area contributed by atoms with Gasteiger partial charge in [-0.1, -0.05) is 18.2 Å². The fraction of sp³-hybridized carbons (Fsp3) is 0.381. The van der Waals surface area contributed by atoms with Crippen LogP contribution in [0.2, 0.25) is 0 Å². The quantitative estimate of drug-likeness (QED) is 0.730. The molecule has 0 saturated carbocycles. The molecule has 1 saturated heterocycles. The van der Waals surface area contributed by atoms with Gasteiger partial charge >= 0.3 is 0 Å². The summed E-state index contributed by atoms with van der Waals surface area (Å²) < 4.78 is 2.01. The molecule has 7 heteroatoms. The number of aromatic nitrogens is 4. The molecule has 1 aliphatic carbocycles. The van der Waals surface area contributed by atoms with Gasteiger partial charge < -0.3 is 15.2 Å². The summed E-state index contributed by atoms with van der Waals surface area (Å²) in [6, 6.07) is 12.6. The van der Waals surface area contributed by atoms with Crippen molar-refractivity contribution in [3.63, 3.8) is 0 Å². The molecule has 5 rings (SSSR count). The monoisotopic (exact) mass is 376 g/mol. The molecule has 0 amide bonds. The van der Waals surface area contributed by atoms with Crippen LogP contribution in [0, 0.1) is 0 Å². The predicted octanol–water partition coefficient (Wildman–Crippen LogP) is 2.20. The van der Waals surface area contributed by atoms with Gasteiger partial charge in [-0.15, -0.1) is 0 Å². The molecule has 7 nitrogen and oxygen atoms in total. The molecular formula is C21H24N6O. The summed E-state index contributed by atoms with van der Waals surface area (Å²) in [7, 11) is 0. The van der Waals surface area contributed by atoms with Crippen LogP contribution in [0.1, 0.15) is 36.6 Å². The van der Waals surface area contributed by atoms with E-state index in [1.807, 2.05) is 22.9 Å². The standard InChI is InChI=1S/C21H24N6O/c28-21-11-20(22-14-23-21)26-10-9-15(12-26)24-18-7-4-8-19-17(18)13-27(25-19)16-5-2-1-3-6-16/h1-3,5-6,11,13-15,18,24H,4,7-10,12H2,(H,22,23,28). The maximum absolute atomic E-state index is 11.6. The molecule has 3 heterocycles. The predicted molar refractivity (Wildman–Crippen MR) is 108 cm³/mol. The Bertz CT molecular complexity index is 1010. The first-order valence-electron chi connectivity index (χ1n) is 9.96. The first kappa shape index (κ1) is 17.2. The van der Waals surface area contributed by atoms with Crippen molar-refractivity contribution in [1.82, 2.24) is 25.1 Å². The minimum Gasteiger partial charge on any atom is -0.355 e. The largest absolute Gasteiger partial charge is 0.355 e. The van der Waals surface area contributed by atoms with Crippen LogP contribution in [0.4, 0.5) is 5.82 Å². The summed E-state index contributed by atoms with van der Waals surface area (Å²) in [4.78, 5) is 20.6. The SMILES string of the molecule is O=c1cc(N2CCC(NC3CCCc4nn(-c5ccccc5)cc43)C2)nc[nH]1. The molecule has 0 radical (unpaired) electrons. The number of aromatic amines is 1. The lowest BCUT2D eigenvalue weighted by molar-refractivity contribution is 0.408. The second-order valence-electron chi connectivity index (χ2n) is 7.62. The molecule has 0 bridgehead atoms. The van der Waals surface area contributed by atoms with Crippen LogP contribution in [0.25, 0.3) is 5.69 Å². The zero-order valence-electron chi connectivity index (χ0n) is 15.7. The Hall–Kier alpha value is -2.93. The Morgan fingerprint density at radius 2 is 2.07 bits per heavy atom. The molecule has 28 heavy (non-hydrogen) atoms. The van der Waals surface area contributed by atoms with Crippen LogP contribution in [-0.2, 0) is 6.42 Å². The van der Waals surface area contributed by atoms with E-state index in [-0.39, 0.29) is 5.56 Å². The van der Waals surface area contributed by atoms with Crippen molar-refractivity contribution in [3.05, 3.63) is 70.5 Å². The van der Waals surface area contributed by atoms with Crippen molar-refractivity contribution < 1.29 is 0 Å². The Kier molecular flexibility index (Phi) is 4.44. The molecule has 2 N–H and O–H groups in total. The van der Waals surface area contributed by atoms with E-state index in [0.717, 1.165) is 50.3 Å². The number of fused-ring (bicyclic) bond motifs is 1. The van der Waals surface area contributed by atoms with Crippen LogP contribution in [0.15, 0.2) is 53.7 Å². The number of hydrogen-bond donors (Lipinski definition) is 2. The lowest BCUT2D eigenvalue weighted by Crippen LogP contribution is -2.37. The van der Waals surface area contributed by atoms with Crippen molar-refractivity contribution in [2.24, 2.45) is 0 Å². The lowest BCUT2D eigenvalue weighted by Gasteiger charge is -2.26. The second-order valence-corrected chi connectivity index (χ2v) is 7.62. The number of rotatable bonds is 4. The highest BCUT2D eigenvalue weighted by atomic mass is 16.1. The summed E-state index contributed by atoms with van der Waals surface area (Å²) in [5, 5.41) is 8.68. The van der Waals surface area contributed by atoms with Gasteiger partial charge in [-0.05, 0) is 37.8 Å². The van der Waals surface area contributed by atoms with Crippen LogP contribution in [0.5, 0.6) is 0 Å². The molecule has 3 aromatic rings. The third-order valence-electron chi connectivity index (χ3n) is 5.74. The highest BCUT2D eigenvalue weighted by Gasteiger charge is 2.29. The number of anilines is 1. The van der Waals surface area contributed by atoms with Gasteiger partial charge in [-0.25, -0.2) is 9.67 Å². The molecule has 2 unspecified atom stereocenters. The van der Waals surface area contributed by atoms with E-state index in [4.69, 9.17) is 5.10 Å². The maximum atomic E-state index is 11.6. The number of hydrogen-bond acceptors (Lipinski definition) is 5. The Morgan fingerprint density at radius 3 is 2.93 bits per heavy atom. The third kappa shape index (κ3) is 3.33. The van der Waals surface area contributed by atoms with Crippen molar-refractivity contribution in [2.75, 3.05) is 18.0 Å². The first-order chi connectivity index (χ1) is 13.8. The molecule has 1 aromatic carbocycles. The molecule has 2 aromatic heterocycles. The summed E-state index contributed by atoms with van der Waals surface area (Å²) in [5.74, 6) is 0.759. The minimum absolute atomic E-state index is 0.105. The Labute approximate surface area is 163 Å². The average molecular weight is 376 g/mol. The summed E-state index contributed by atoms with van der Waals surface area (Å²) in [6.45, 7) is 1.78. The molecule has 2 aliphatic rings. The van der Waals surface area contributed by atoms with E-state index in [1.54, 1.807) is 6.07 Å². The number of nitrogens with one attached hydrogen (secondary N) is 2. The molecule has 0 spiro atoms. The summed E-state index contributed by atoms with van der Waals surface area (Å²) in [6.07, 6.45) is 8.04. The van der Waals surface area contributed by atoms with Crippen molar-refractivity contribution in [2.45, 2.75) is 37.8 Å². The molecule has 1 aliphatic heterocycles. The van der Waals surface area contributed by atoms with E-state index in [2.05, 4.69) is 38.5 Å². The van der Waals surface area contributed by atoms with Gasteiger partial charge in [0.15, 0.2) is 0 Å². The number of aryl methyl sites for hydroxylation is 1. The van der Waals surface area contributed by atoms with Gasteiger partial charge in [0.05, 0.1) is 17.7 Å². The molecule has 2 atom stereocenters. The van der Waals surface area contributed by atoms with E-state index >= 15 is 0 Å². The smallest absolute Gasteiger partial charge is 0.252 e. The topological polar surface area (TPSA) is 78.8 Å². The second kappa shape index (κ2) is 7.24. The summed E-state index contributed by atoms with van der Waals surface area (Å²) >= 11 is 0. The average Bonchev–Trinajstić information content (AvgIpc) is 3.36. The Morgan fingerprint density at radius 1 is 1.18 bits per heavy atom. The van der Waals surface area contributed by atoms with Crippen LogP contribution < -0.4 is 15.8 Å². The van der Waals surface area contributed by atoms with Gasteiger partial charge in [-0.3, -0.25) is 4.79 Å². The van der Waals surface area contributed by atoms with Crippen LogP contribution in [-0.4, -0.2) is 38.9 Å². The van der Waals surface area contributed by atoms with Crippen LogP contribution in [0.3, 0.4) is 0 Å².